The molecule has 14 nitrogen and oxygen atoms in total. The first kappa shape index (κ1) is 24.8. The van der Waals surface area contributed by atoms with E-state index in [9.17, 15) is 14.4 Å². The van der Waals surface area contributed by atoms with Gasteiger partial charge in [0.25, 0.3) is 12.2 Å². The molecule has 1 amide bonds. The molecule has 0 bridgehead atoms. The van der Waals surface area contributed by atoms with E-state index in [0.29, 0.717) is 23.2 Å². The second-order valence-electron chi connectivity index (χ2n) is 9.11. The number of carbonyl (C=O) groups excluding carboxylic acids is 1. The number of fused-ring (bicyclic) bond motifs is 1. The van der Waals surface area contributed by atoms with E-state index in [-0.39, 0.29) is 17.0 Å². The standard InChI is InChI=1S/C24H25N11O3/c1-14-6-5-7-33(14)23-27-8-16(9-28-23)17-10-26-11-18(30-17)31-21(36)15(2)34-13-29-20-19(34)22(37)35(12-25-3)24(38)32(20)4/h8-11,13-15H,5-7,12H2,1-2,4H3,(H,30,31,36)/t14-,15+/m1/s1. The largest absolute Gasteiger partial charge is 0.338 e. The maximum atomic E-state index is 13.1. The zero-order valence-corrected chi connectivity index (χ0v) is 21.1. The van der Waals surface area contributed by atoms with Crippen LogP contribution in [0.3, 0.4) is 0 Å². The summed E-state index contributed by atoms with van der Waals surface area (Å²) < 4.78 is 3.36. The summed E-state index contributed by atoms with van der Waals surface area (Å²) >= 11 is 0. The molecule has 194 valence electrons. The summed E-state index contributed by atoms with van der Waals surface area (Å²) in [6, 6.07) is -0.490. The number of nitrogens with zero attached hydrogens (tertiary/aromatic N) is 10. The highest BCUT2D eigenvalue weighted by Crippen LogP contribution is 2.24. The maximum Gasteiger partial charge on any atom is 0.338 e. The molecule has 5 rings (SSSR count). The van der Waals surface area contributed by atoms with E-state index >= 15 is 0 Å². The first-order valence-corrected chi connectivity index (χ1v) is 12.0. The quantitative estimate of drug-likeness (QED) is 0.374. The molecule has 1 N–H and O–H groups in total. The van der Waals surface area contributed by atoms with Gasteiger partial charge >= 0.3 is 5.69 Å². The number of amides is 1. The third-order valence-corrected chi connectivity index (χ3v) is 6.70. The molecule has 4 aromatic rings. The maximum absolute atomic E-state index is 13.1. The van der Waals surface area contributed by atoms with Crippen LogP contribution in [-0.2, 0) is 18.5 Å². The van der Waals surface area contributed by atoms with E-state index in [1.54, 1.807) is 25.5 Å². The molecular weight excluding hydrogens is 490 g/mol. The first-order valence-electron chi connectivity index (χ1n) is 12.0. The molecule has 38 heavy (non-hydrogen) atoms. The molecule has 14 heteroatoms. The van der Waals surface area contributed by atoms with E-state index in [0.717, 1.165) is 24.0 Å². The second-order valence-corrected chi connectivity index (χ2v) is 9.11. The van der Waals surface area contributed by atoms with E-state index in [2.05, 4.69) is 46.9 Å². The van der Waals surface area contributed by atoms with Crippen molar-refractivity contribution >= 4 is 28.8 Å². The molecular formula is C24H25N11O3. The zero-order chi connectivity index (χ0) is 27.0. The Bertz CT molecular complexity index is 1680. The molecule has 5 heterocycles. The Morgan fingerprint density at radius 2 is 1.97 bits per heavy atom. The molecule has 1 fully saturated rings. The van der Waals surface area contributed by atoms with Crippen LogP contribution in [-0.4, -0.2) is 57.1 Å². The Hall–Kier alpha value is -4.93. The van der Waals surface area contributed by atoms with E-state index < -0.39 is 29.9 Å². The fourth-order valence-corrected chi connectivity index (χ4v) is 4.53. The number of aromatic nitrogens is 8. The van der Waals surface area contributed by atoms with Crippen molar-refractivity contribution < 1.29 is 4.79 Å². The van der Waals surface area contributed by atoms with Crippen LogP contribution in [0.5, 0.6) is 0 Å². The monoisotopic (exact) mass is 515 g/mol. The molecule has 0 radical (unpaired) electrons. The van der Waals surface area contributed by atoms with Crippen molar-refractivity contribution in [1.29, 1.82) is 0 Å². The molecule has 0 aromatic carbocycles. The van der Waals surface area contributed by atoms with Crippen LogP contribution >= 0.6 is 0 Å². The summed E-state index contributed by atoms with van der Waals surface area (Å²) in [6.07, 6.45) is 9.87. The minimum absolute atomic E-state index is 0.0443. The highest BCUT2D eigenvalue weighted by Gasteiger charge is 2.24. The van der Waals surface area contributed by atoms with Gasteiger partial charge in [-0.15, -0.1) is 0 Å². The average molecular weight is 516 g/mol. The van der Waals surface area contributed by atoms with Gasteiger partial charge in [-0.05, 0) is 26.7 Å². The van der Waals surface area contributed by atoms with Crippen LogP contribution in [0.1, 0.15) is 32.7 Å². The fraction of sp³-hybridized carbons (Fsp3) is 0.375. The summed E-state index contributed by atoms with van der Waals surface area (Å²) in [4.78, 5) is 65.6. The van der Waals surface area contributed by atoms with Gasteiger partial charge in [-0.2, -0.15) is 4.57 Å². The molecule has 0 saturated carbocycles. The summed E-state index contributed by atoms with van der Waals surface area (Å²) in [6.45, 7) is 11.3. The van der Waals surface area contributed by atoms with Crippen LogP contribution in [0.15, 0.2) is 40.7 Å². The number of carbonyl (C=O) groups is 1. The van der Waals surface area contributed by atoms with Crippen LogP contribution in [0.2, 0.25) is 0 Å². The van der Waals surface area contributed by atoms with Crippen molar-refractivity contribution in [2.75, 3.05) is 16.8 Å². The second kappa shape index (κ2) is 9.85. The summed E-state index contributed by atoms with van der Waals surface area (Å²) in [5, 5.41) is 2.72. The van der Waals surface area contributed by atoms with Crippen LogP contribution in [0, 0.1) is 6.57 Å². The molecule has 0 aliphatic carbocycles. The lowest BCUT2D eigenvalue weighted by atomic mass is 10.2. The summed E-state index contributed by atoms with van der Waals surface area (Å²) in [7, 11) is 1.45. The van der Waals surface area contributed by atoms with Gasteiger partial charge in [-0.3, -0.25) is 24.0 Å². The lowest BCUT2D eigenvalue weighted by molar-refractivity contribution is -0.118. The topological polar surface area (TPSA) is 150 Å². The molecule has 1 saturated heterocycles. The number of hydrogen-bond donors (Lipinski definition) is 1. The number of hydrogen-bond acceptors (Lipinski definition) is 9. The Morgan fingerprint density at radius 1 is 1.21 bits per heavy atom. The summed E-state index contributed by atoms with van der Waals surface area (Å²) in [5.41, 5.74) is -0.0392. The third-order valence-electron chi connectivity index (χ3n) is 6.70. The predicted octanol–water partition coefficient (Wildman–Crippen LogP) is 1.21. The molecule has 4 aromatic heterocycles. The highest BCUT2D eigenvalue weighted by atomic mass is 16.2. The minimum Gasteiger partial charge on any atom is -0.338 e. The van der Waals surface area contributed by atoms with Gasteiger partial charge in [-0.1, -0.05) is 0 Å². The minimum atomic E-state index is -0.887. The average Bonchev–Trinajstić information content (AvgIpc) is 3.56. The summed E-state index contributed by atoms with van der Waals surface area (Å²) in [5.74, 6) is 0.402. The highest BCUT2D eigenvalue weighted by molar-refractivity contribution is 5.93. The van der Waals surface area contributed by atoms with Crippen molar-refractivity contribution in [3.05, 3.63) is 63.4 Å². The molecule has 0 spiro atoms. The Morgan fingerprint density at radius 3 is 2.66 bits per heavy atom. The number of imidazole rings is 1. The van der Waals surface area contributed by atoms with E-state index in [1.807, 2.05) is 0 Å². The van der Waals surface area contributed by atoms with Gasteiger partial charge in [-0.25, -0.2) is 31.3 Å². The van der Waals surface area contributed by atoms with Crippen LogP contribution in [0.25, 0.3) is 27.3 Å². The number of anilines is 2. The van der Waals surface area contributed by atoms with Crippen molar-refractivity contribution in [1.82, 2.24) is 38.6 Å². The smallest absolute Gasteiger partial charge is 0.338 e. The Kier molecular flexibility index (Phi) is 6.41. The third kappa shape index (κ3) is 4.27. The van der Waals surface area contributed by atoms with Gasteiger partial charge in [0.15, 0.2) is 17.0 Å². The lowest BCUT2D eigenvalue weighted by Gasteiger charge is -2.20. The van der Waals surface area contributed by atoms with Gasteiger partial charge in [0.2, 0.25) is 11.9 Å². The van der Waals surface area contributed by atoms with Crippen molar-refractivity contribution in [3.8, 4) is 11.3 Å². The van der Waals surface area contributed by atoms with Gasteiger partial charge in [0.1, 0.15) is 6.04 Å². The van der Waals surface area contributed by atoms with Crippen molar-refractivity contribution in [3.63, 3.8) is 0 Å². The molecule has 2 atom stereocenters. The SMILES string of the molecule is [C-]#[N+]Cn1c(=O)c2c(ncn2[C@@H](C)C(=O)Nc2cncc(-c3cnc(N4CCC[C@H]4C)nc3)n2)n(C)c1=O. The number of aryl methyl sites for hydroxylation is 1. The van der Waals surface area contributed by atoms with Gasteiger partial charge < -0.3 is 14.8 Å². The lowest BCUT2D eigenvalue weighted by Crippen LogP contribution is -2.39. The molecule has 1 aliphatic rings. The van der Waals surface area contributed by atoms with E-state index in [4.69, 9.17) is 6.57 Å². The first-order chi connectivity index (χ1) is 18.3. The number of rotatable bonds is 6. The van der Waals surface area contributed by atoms with Crippen molar-refractivity contribution in [2.45, 2.75) is 45.4 Å². The zero-order valence-electron chi connectivity index (χ0n) is 21.1. The Balaban J connectivity index is 1.38. The molecule has 0 unspecified atom stereocenters. The van der Waals surface area contributed by atoms with Gasteiger partial charge in [0, 0.05) is 37.6 Å². The van der Waals surface area contributed by atoms with Crippen LogP contribution < -0.4 is 21.5 Å². The Labute approximate surface area is 216 Å². The fourth-order valence-electron chi connectivity index (χ4n) is 4.53. The normalized spacial score (nSPS) is 15.9. The van der Waals surface area contributed by atoms with E-state index in [1.165, 1.54) is 28.7 Å². The van der Waals surface area contributed by atoms with Crippen molar-refractivity contribution in [2.24, 2.45) is 7.05 Å². The number of nitrogens with one attached hydrogen (secondary N) is 1. The van der Waals surface area contributed by atoms with Gasteiger partial charge in [0.05, 0.1) is 24.4 Å². The molecule has 1 aliphatic heterocycles. The predicted molar refractivity (Wildman–Crippen MR) is 138 cm³/mol. The van der Waals surface area contributed by atoms with Crippen LogP contribution in [0.4, 0.5) is 11.8 Å².